The number of nitrogens with zero attached hydrogens (tertiary/aromatic N) is 2. The van der Waals surface area contributed by atoms with Crippen LogP contribution in [0.15, 0.2) is 42.7 Å². The summed E-state index contributed by atoms with van der Waals surface area (Å²) in [5.41, 5.74) is 8.91. The Morgan fingerprint density at radius 1 is 1.24 bits per heavy atom. The molecule has 4 heteroatoms. The van der Waals surface area contributed by atoms with Gasteiger partial charge in [0.2, 0.25) is 0 Å². The van der Waals surface area contributed by atoms with E-state index in [9.17, 15) is 0 Å². The van der Waals surface area contributed by atoms with Crippen LogP contribution < -0.4 is 11.1 Å². The number of pyridine rings is 1. The van der Waals surface area contributed by atoms with Gasteiger partial charge in [-0.3, -0.25) is 4.98 Å². The van der Waals surface area contributed by atoms with E-state index < -0.39 is 0 Å². The Kier molecular flexibility index (Phi) is 3.22. The molecule has 2 aromatic rings. The molecule has 0 saturated heterocycles. The third-order valence-electron chi connectivity index (χ3n) is 2.34. The Labute approximate surface area is 99.7 Å². The van der Waals surface area contributed by atoms with Crippen molar-refractivity contribution in [1.82, 2.24) is 4.98 Å². The normalized spacial score (nSPS) is 9.59. The van der Waals surface area contributed by atoms with E-state index in [1.807, 2.05) is 18.2 Å². The lowest BCUT2D eigenvalue weighted by Gasteiger charge is -2.06. The van der Waals surface area contributed by atoms with Crippen molar-refractivity contribution in [1.29, 1.82) is 5.26 Å². The van der Waals surface area contributed by atoms with E-state index in [0.717, 1.165) is 11.3 Å². The average Bonchev–Trinajstić information content (AvgIpc) is 2.37. The van der Waals surface area contributed by atoms with E-state index in [1.54, 1.807) is 24.5 Å². The first-order valence-electron chi connectivity index (χ1n) is 5.21. The fourth-order valence-corrected chi connectivity index (χ4v) is 1.46. The second-order valence-corrected chi connectivity index (χ2v) is 3.67. The van der Waals surface area contributed by atoms with Crippen LogP contribution in [0.25, 0.3) is 0 Å². The molecule has 0 atom stereocenters. The van der Waals surface area contributed by atoms with Gasteiger partial charge in [0.1, 0.15) is 0 Å². The molecule has 0 aliphatic carbocycles. The molecular weight excluding hydrogens is 212 g/mol. The summed E-state index contributed by atoms with van der Waals surface area (Å²) >= 11 is 0. The molecule has 4 nitrogen and oxygen atoms in total. The molecule has 1 aromatic heterocycles. The number of nitriles is 1. The van der Waals surface area contributed by atoms with Crippen molar-refractivity contribution in [2.24, 2.45) is 0 Å². The minimum atomic E-state index is 0.634. The molecule has 0 radical (unpaired) electrons. The quantitative estimate of drug-likeness (QED) is 0.837. The van der Waals surface area contributed by atoms with Crippen molar-refractivity contribution in [3.05, 3.63) is 53.9 Å². The molecule has 3 N–H and O–H groups in total. The molecular formula is C13H12N4. The maximum absolute atomic E-state index is 8.68. The summed E-state index contributed by atoms with van der Waals surface area (Å²) in [6, 6.07) is 11.4. The number of nitrogens with two attached hydrogens (primary N) is 1. The molecule has 0 bridgehead atoms. The highest BCUT2D eigenvalue weighted by Gasteiger charge is 1.96. The molecule has 0 aliphatic rings. The van der Waals surface area contributed by atoms with Crippen LogP contribution in [0, 0.1) is 11.3 Å². The number of hydrogen-bond donors (Lipinski definition) is 2. The molecule has 1 aromatic carbocycles. The van der Waals surface area contributed by atoms with E-state index in [2.05, 4.69) is 16.4 Å². The number of rotatable bonds is 3. The minimum absolute atomic E-state index is 0.634. The maximum atomic E-state index is 8.68. The molecule has 0 unspecified atom stereocenters. The van der Waals surface area contributed by atoms with E-state index in [1.165, 1.54) is 0 Å². The van der Waals surface area contributed by atoms with Crippen LogP contribution >= 0.6 is 0 Å². The van der Waals surface area contributed by atoms with Crippen molar-refractivity contribution in [3.63, 3.8) is 0 Å². The van der Waals surface area contributed by atoms with Crippen LogP contribution in [-0.4, -0.2) is 4.98 Å². The summed E-state index contributed by atoms with van der Waals surface area (Å²) in [5.74, 6) is 0. The summed E-state index contributed by atoms with van der Waals surface area (Å²) in [5, 5.41) is 11.9. The van der Waals surface area contributed by atoms with Gasteiger partial charge in [0.15, 0.2) is 0 Å². The number of aromatic nitrogens is 1. The van der Waals surface area contributed by atoms with Crippen LogP contribution in [-0.2, 0) is 6.54 Å². The van der Waals surface area contributed by atoms with Gasteiger partial charge in [-0.05, 0) is 23.8 Å². The molecule has 0 fully saturated rings. The van der Waals surface area contributed by atoms with Gasteiger partial charge in [0.05, 0.1) is 29.2 Å². The first-order valence-corrected chi connectivity index (χ1v) is 5.21. The monoisotopic (exact) mass is 224 g/mol. The van der Waals surface area contributed by atoms with Gasteiger partial charge in [0, 0.05) is 12.7 Å². The molecule has 0 spiro atoms. The highest BCUT2D eigenvalue weighted by molar-refractivity contribution is 5.51. The number of benzene rings is 1. The number of hydrogen-bond acceptors (Lipinski definition) is 4. The Morgan fingerprint density at radius 3 is 2.65 bits per heavy atom. The zero-order chi connectivity index (χ0) is 12.1. The molecule has 2 rings (SSSR count). The Morgan fingerprint density at radius 2 is 2.00 bits per heavy atom. The van der Waals surface area contributed by atoms with E-state index >= 15 is 0 Å². The maximum Gasteiger partial charge on any atom is 0.0991 e. The number of nitrogens with one attached hydrogen (secondary N) is 1. The second kappa shape index (κ2) is 4.99. The summed E-state index contributed by atoms with van der Waals surface area (Å²) in [6.45, 7) is 0.677. The molecule has 0 saturated carbocycles. The summed E-state index contributed by atoms with van der Waals surface area (Å²) < 4.78 is 0. The molecule has 0 amide bonds. The predicted molar refractivity (Wildman–Crippen MR) is 67.1 cm³/mol. The summed E-state index contributed by atoms with van der Waals surface area (Å²) in [4.78, 5) is 3.99. The number of anilines is 2. The minimum Gasteiger partial charge on any atom is -0.397 e. The third kappa shape index (κ3) is 2.95. The highest BCUT2D eigenvalue weighted by atomic mass is 14.9. The van der Waals surface area contributed by atoms with Gasteiger partial charge < -0.3 is 11.1 Å². The molecule has 1 heterocycles. The second-order valence-electron chi connectivity index (χ2n) is 3.67. The SMILES string of the molecule is N#Cc1ccc(CNc2cncc(N)c2)cc1. The van der Waals surface area contributed by atoms with Gasteiger partial charge in [-0.1, -0.05) is 12.1 Å². The van der Waals surface area contributed by atoms with Gasteiger partial charge >= 0.3 is 0 Å². The van der Waals surface area contributed by atoms with Crippen molar-refractivity contribution in [2.75, 3.05) is 11.1 Å². The molecule has 0 aliphatic heterocycles. The van der Waals surface area contributed by atoms with E-state index in [-0.39, 0.29) is 0 Å². The Balaban J connectivity index is 2.00. The smallest absolute Gasteiger partial charge is 0.0991 e. The van der Waals surface area contributed by atoms with Crippen LogP contribution in [0.2, 0.25) is 0 Å². The lowest BCUT2D eigenvalue weighted by molar-refractivity contribution is 1.14. The Hall–Kier alpha value is -2.54. The lowest BCUT2D eigenvalue weighted by Crippen LogP contribution is -2.00. The Bertz CT molecular complexity index is 540. The van der Waals surface area contributed by atoms with Crippen LogP contribution in [0.3, 0.4) is 0 Å². The topological polar surface area (TPSA) is 74.7 Å². The van der Waals surface area contributed by atoms with Gasteiger partial charge in [0.25, 0.3) is 0 Å². The average molecular weight is 224 g/mol. The largest absolute Gasteiger partial charge is 0.397 e. The first kappa shape index (κ1) is 11.0. The summed E-state index contributed by atoms with van der Waals surface area (Å²) in [6.07, 6.45) is 3.33. The standard InChI is InChI=1S/C13H12N4/c14-6-10-1-3-11(4-2-10)7-17-13-5-12(15)8-16-9-13/h1-5,8-9,17H,7,15H2. The van der Waals surface area contributed by atoms with Crippen molar-refractivity contribution in [2.45, 2.75) is 6.54 Å². The lowest BCUT2D eigenvalue weighted by atomic mass is 10.1. The fraction of sp³-hybridized carbons (Fsp3) is 0.0769. The van der Waals surface area contributed by atoms with E-state index in [0.29, 0.717) is 17.8 Å². The zero-order valence-electron chi connectivity index (χ0n) is 9.22. The van der Waals surface area contributed by atoms with Crippen molar-refractivity contribution < 1.29 is 0 Å². The van der Waals surface area contributed by atoms with Crippen molar-refractivity contribution in [3.8, 4) is 6.07 Å². The number of nitrogen functional groups attached to an aromatic ring is 1. The van der Waals surface area contributed by atoms with Crippen LogP contribution in [0.5, 0.6) is 0 Å². The van der Waals surface area contributed by atoms with E-state index in [4.69, 9.17) is 11.0 Å². The third-order valence-corrected chi connectivity index (χ3v) is 2.34. The highest BCUT2D eigenvalue weighted by Crippen LogP contribution is 2.11. The molecule has 17 heavy (non-hydrogen) atoms. The van der Waals surface area contributed by atoms with Crippen molar-refractivity contribution >= 4 is 11.4 Å². The summed E-state index contributed by atoms with van der Waals surface area (Å²) in [7, 11) is 0. The zero-order valence-corrected chi connectivity index (χ0v) is 9.22. The fourth-order valence-electron chi connectivity index (χ4n) is 1.46. The molecule has 84 valence electrons. The van der Waals surface area contributed by atoms with Crippen LogP contribution in [0.4, 0.5) is 11.4 Å². The van der Waals surface area contributed by atoms with Gasteiger partial charge in [-0.2, -0.15) is 5.26 Å². The van der Waals surface area contributed by atoms with Gasteiger partial charge in [-0.25, -0.2) is 0 Å². The van der Waals surface area contributed by atoms with Gasteiger partial charge in [-0.15, -0.1) is 0 Å². The predicted octanol–water partition coefficient (Wildman–Crippen LogP) is 2.15. The first-order chi connectivity index (χ1) is 8.28. The van der Waals surface area contributed by atoms with Crippen LogP contribution in [0.1, 0.15) is 11.1 Å².